The van der Waals surface area contributed by atoms with Crippen LogP contribution in [-0.4, -0.2) is 17.1 Å². The molecule has 0 spiro atoms. The molecule has 150 valence electrons. The topological polar surface area (TPSA) is 37.9 Å². The van der Waals surface area contributed by atoms with Gasteiger partial charge in [0.2, 0.25) is 0 Å². The number of nitrogens with one attached hydrogen (secondary N) is 1. The molecule has 3 aromatic rings. The molecule has 3 nitrogen and oxygen atoms in total. The number of ether oxygens (including phenoxy) is 1. The Morgan fingerprint density at radius 2 is 2.00 bits per heavy atom. The monoisotopic (exact) mass is 390 g/mol. The van der Waals surface area contributed by atoms with Crippen LogP contribution in [0.25, 0.3) is 11.0 Å². The molecule has 29 heavy (non-hydrogen) atoms. The molecule has 0 aliphatic heterocycles. The van der Waals surface area contributed by atoms with Crippen molar-refractivity contribution < 1.29 is 9.13 Å². The minimum absolute atomic E-state index is 0.174. The van der Waals surface area contributed by atoms with Crippen molar-refractivity contribution in [1.82, 2.24) is 9.97 Å². The summed E-state index contributed by atoms with van der Waals surface area (Å²) < 4.78 is 19.6. The van der Waals surface area contributed by atoms with E-state index < -0.39 is 0 Å². The van der Waals surface area contributed by atoms with Crippen molar-refractivity contribution in [2.75, 3.05) is 7.11 Å². The highest BCUT2D eigenvalue weighted by molar-refractivity contribution is 5.81. The van der Waals surface area contributed by atoms with Gasteiger partial charge in [-0.25, -0.2) is 9.37 Å². The van der Waals surface area contributed by atoms with Crippen molar-refractivity contribution in [2.45, 2.75) is 33.1 Å². The largest absolute Gasteiger partial charge is 0.494 e. The van der Waals surface area contributed by atoms with Crippen molar-refractivity contribution in [3.05, 3.63) is 95.1 Å². The van der Waals surface area contributed by atoms with Gasteiger partial charge in [0.25, 0.3) is 0 Å². The molecule has 0 amide bonds. The first-order chi connectivity index (χ1) is 14.2. The smallest absolute Gasteiger partial charge is 0.168 e. The van der Waals surface area contributed by atoms with Gasteiger partial charge in [-0.1, -0.05) is 61.9 Å². The summed E-state index contributed by atoms with van der Waals surface area (Å²) in [6.07, 6.45) is 14.9. The number of aromatic amines is 1. The molecule has 2 heterocycles. The third-order valence-corrected chi connectivity index (χ3v) is 4.90. The number of halogens is 1. The van der Waals surface area contributed by atoms with Gasteiger partial charge in [0.15, 0.2) is 11.6 Å². The summed E-state index contributed by atoms with van der Waals surface area (Å²) >= 11 is 0. The molecule has 4 heteroatoms. The number of hydrogen-bond acceptors (Lipinski definition) is 2. The van der Waals surface area contributed by atoms with Gasteiger partial charge in [-0.05, 0) is 35.7 Å². The van der Waals surface area contributed by atoms with E-state index in [2.05, 4.69) is 47.3 Å². The highest BCUT2D eigenvalue weighted by Crippen LogP contribution is 2.29. The molecule has 4 rings (SSSR count). The second-order valence-corrected chi connectivity index (χ2v) is 6.77. The maximum atomic E-state index is 14.5. The van der Waals surface area contributed by atoms with E-state index in [9.17, 15) is 4.39 Å². The molecular weight excluding hydrogens is 363 g/mol. The Hall–Kier alpha value is -3.14. The number of H-pyrrole nitrogens is 1. The maximum Gasteiger partial charge on any atom is 0.168 e. The van der Waals surface area contributed by atoms with E-state index in [1.807, 2.05) is 38.4 Å². The van der Waals surface area contributed by atoms with Gasteiger partial charge in [0.1, 0.15) is 5.65 Å². The number of fused-ring (bicyclic) bond motifs is 1. The van der Waals surface area contributed by atoms with E-state index in [0.29, 0.717) is 12.0 Å². The second kappa shape index (κ2) is 9.37. The summed E-state index contributed by atoms with van der Waals surface area (Å²) in [5.74, 6) is 0.130. The fourth-order valence-electron chi connectivity index (χ4n) is 3.45. The molecule has 1 aromatic carbocycles. The average Bonchev–Trinajstić information content (AvgIpc) is 3.01. The summed E-state index contributed by atoms with van der Waals surface area (Å²) in [7, 11) is 1.48. The standard InChI is InChI=1S/C23H21FN2O.C2H6/c1-15-6-3-4-7-16(10-15)18-12-20-19(14-26-23(20)25-13-18)11-17-8-5-9-21(27-2)22(17)24;1-2/h3-10,12-14,16H,11H2,1-2H3,(H,25,26);1-2H3. The Kier molecular flexibility index (Phi) is 6.65. The van der Waals surface area contributed by atoms with Crippen LogP contribution < -0.4 is 4.74 Å². The first kappa shape index (κ1) is 20.6. The van der Waals surface area contributed by atoms with Gasteiger partial charge in [-0.2, -0.15) is 0 Å². The first-order valence-corrected chi connectivity index (χ1v) is 9.96. The highest BCUT2D eigenvalue weighted by Gasteiger charge is 2.14. The van der Waals surface area contributed by atoms with Crippen LogP contribution in [0.4, 0.5) is 4.39 Å². The van der Waals surface area contributed by atoms with Crippen molar-refractivity contribution in [1.29, 1.82) is 0 Å². The molecule has 0 bridgehead atoms. The zero-order chi connectivity index (χ0) is 20.8. The lowest BCUT2D eigenvalue weighted by molar-refractivity contribution is 0.384. The molecule has 1 N–H and O–H groups in total. The molecule has 1 unspecified atom stereocenters. The third kappa shape index (κ3) is 4.48. The minimum atomic E-state index is -0.310. The van der Waals surface area contributed by atoms with Gasteiger partial charge >= 0.3 is 0 Å². The van der Waals surface area contributed by atoms with Crippen LogP contribution in [0, 0.1) is 5.82 Å². The Labute approximate surface area is 171 Å². The SMILES string of the molecule is CC.COc1cccc(Cc2c[nH]c3ncc(C4C=CC=CC(C)=C4)cc23)c1F. The van der Waals surface area contributed by atoms with Crippen LogP contribution in [0.5, 0.6) is 5.75 Å². The van der Waals surface area contributed by atoms with Crippen LogP contribution >= 0.6 is 0 Å². The lowest BCUT2D eigenvalue weighted by Crippen LogP contribution is -1.97. The number of hydrogen-bond donors (Lipinski definition) is 1. The lowest BCUT2D eigenvalue weighted by atomic mass is 9.96. The molecule has 0 fully saturated rings. The third-order valence-electron chi connectivity index (χ3n) is 4.90. The summed E-state index contributed by atoms with van der Waals surface area (Å²) in [5, 5.41) is 1.02. The van der Waals surface area contributed by atoms with Crippen LogP contribution in [0.2, 0.25) is 0 Å². The van der Waals surface area contributed by atoms with E-state index in [1.54, 1.807) is 12.1 Å². The van der Waals surface area contributed by atoms with Crippen molar-refractivity contribution in [2.24, 2.45) is 0 Å². The number of aromatic nitrogens is 2. The first-order valence-electron chi connectivity index (χ1n) is 9.96. The van der Waals surface area contributed by atoms with Crippen molar-refractivity contribution in [3.63, 3.8) is 0 Å². The van der Waals surface area contributed by atoms with Gasteiger partial charge in [0, 0.05) is 30.1 Å². The van der Waals surface area contributed by atoms with Gasteiger partial charge in [-0.3, -0.25) is 0 Å². The predicted molar refractivity (Wildman–Crippen MR) is 118 cm³/mol. The summed E-state index contributed by atoms with van der Waals surface area (Å²) in [5.41, 5.74) is 4.78. The van der Waals surface area contributed by atoms with E-state index in [4.69, 9.17) is 4.74 Å². The molecule has 1 aliphatic rings. The summed E-state index contributed by atoms with van der Waals surface area (Å²) in [4.78, 5) is 7.77. The molecule has 0 saturated carbocycles. The average molecular weight is 391 g/mol. The molecule has 1 atom stereocenters. The number of nitrogens with zero attached hydrogens (tertiary/aromatic N) is 1. The number of rotatable bonds is 4. The van der Waals surface area contributed by atoms with E-state index in [-0.39, 0.29) is 17.5 Å². The van der Waals surface area contributed by atoms with Crippen molar-refractivity contribution in [3.8, 4) is 5.75 Å². The predicted octanol–water partition coefficient (Wildman–Crippen LogP) is 6.48. The molecule has 2 aromatic heterocycles. The number of allylic oxidation sites excluding steroid dienone is 6. The Morgan fingerprint density at radius 3 is 2.79 bits per heavy atom. The maximum absolute atomic E-state index is 14.5. The zero-order valence-corrected chi connectivity index (χ0v) is 17.4. The fraction of sp³-hybridized carbons (Fsp3) is 0.240. The Balaban J connectivity index is 0.00000117. The number of benzene rings is 1. The van der Waals surface area contributed by atoms with E-state index in [0.717, 1.165) is 22.2 Å². The van der Waals surface area contributed by atoms with Gasteiger partial charge in [0.05, 0.1) is 7.11 Å². The van der Waals surface area contributed by atoms with Crippen LogP contribution in [0.3, 0.4) is 0 Å². The minimum Gasteiger partial charge on any atom is -0.494 e. The number of methoxy groups -OCH3 is 1. The van der Waals surface area contributed by atoms with Crippen LogP contribution in [-0.2, 0) is 6.42 Å². The lowest BCUT2D eigenvalue weighted by Gasteiger charge is -2.10. The van der Waals surface area contributed by atoms with E-state index >= 15 is 0 Å². The molecule has 0 radical (unpaired) electrons. The second-order valence-electron chi connectivity index (χ2n) is 6.77. The van der Waals surface area contributed by atoms with Gasteiger partial charge in [-0.15, -0.1) is 0 Å². The Bertz CT molecular complexity index is 1080. The van der Waals surface area contributed by atoms with Gasteiger partial charge < -0.3 is 9.72 Å². The molecular formula is C25H27FN2O. The normalized spacial score (nSPS) is 15.5. The summed E-state index contributed by atoms with van der Waals surface area (Å²) in [6, 6.07) is 7.39. The Morgan fingerprint density at radius 1 is 1.17 bits per heavy atom. The quantitative estimate of drug-likeness (QED) is 0.553. The summed E-state index contributed by atoms with van der Waals surface area (Å²) in [6.45, 7) is 6.09. The zero-order valence-electron chi connectivity index (χ0n) is 17.4. The number of pyridine rings is 1. The highest BCUT2D eigenvalue weighted by atomic mass is 19.1. The molecule has 1 aliphatic carbocycles. The van der Waals surface area contributed by atoms with Crippen LogP contribution in [0.1, 0.15) is 43.4 Å². The fourth-order valence-corrected chi connectivity index (χ4v) is 3.45. The van der Waals surface area contributed by atoms with Crippen molar-refractivity contribution >= 4 is 11.0 Å². The van der Waals surface area contributed by atoms with E-state index in [1.165, 1.54) is 12.7 Å². The molecule has 0 saturated heterocycles. The van der Waals surface area contributed by atoms with Crippen LogP contribution in [0.15, 0.2) is 72.6 Å².